The van der Waals surface area contributed by atoms with Gasteiger partial charge in [-0.25, -0.2) is 8.42 Å². The van der Waals surface area contributed by atoms with Gasteiger partial charge in [0.05, 0.1) is 18.6 Å². The summed E-state index contributed by atoms with van der Waals surface area (Å²) in [5, 5.41) is 6.34. The minimum atomic E-state index is -3.43. The summed E-state index contributed by atoms with van der Waals surface area (Å²) in [6.45, 7) is 2.47. The van der Waals surface area contributed by atoms with Gasteiger partial charge in [-0.3, -0.25) is 0 Å². The molecule has 0 bridgehead atoms. The largest absolute Gasteiger partial charge is 0.493 e. The summed E-state index contributed by atoms with van der Waals surface area (Å²) in [5.74, 6) is 0.731. The van der Waals surface area contributed by atoms with Gasteiger partial charge in [0.15, 0.2) is 0 Å². The Morgan fingerprint density at radius 2 is 2.09 bits per heavy atom. The van der Waals surface area contributed by atoms with E-state index in [2.05, 4.69) is 5.10 Å². The first-order valence-corrected chi connectivity index (χ1v) is 10.1. The van der Waals surface area contributed by atoms with Crippen molar-refractivity contribution in [1.82, 2.24) is 4.41 Å². The molecule has 23 heavy (non-hydrogen) atoms. The summed E-state index contributed by atoms with van der Waals surface area (Å²) in [7, 11) is -3.43. The Bertz CT molecular complexity index is 814. The standard InChI is InChI=1S/C16H18N2O3S2/c1-3-21-15-8-5-4-7-12(15)13-11-14(16-9-6-10-22-16)18(17-13)23(2,19)20/h4-10,14H,3,11H2,1-2H3/t14-/m0/s1. The van der Waals surface area contributed by atoms with E-state index in [1.165, 1.54) is 10.7 Å². The van der Waals surface area contributed by atoms with E-state index in [4.69, 9.17) is 4.74 Å². The summed E-state index contributed by atoms with van der Waals surface area (Å²) in [5.41, 5.74) is 1.58. The van der Waals surface area contributed by atoms with Gasteiger partial charge in [-0.1, -0.05) is 18.2 Å². The van der Waals surface area contributed by atoms with Crippen molar-refractivity contribution in [3.8, 4) is 5.75 Å². The van der Waals surface area contributed by atoms with Gasteiger partial charge in [0.1, 0.15) is 11.8 Å². The number of rotatable bonds is 5. The van der Waals surface area contributed by atoms with Crippen LogP contribution in [0.2, 0.25) is 0 Å². The fourth-order valence-electron chi connectivity index (χ4n) is 2.64. The highest BCUT2D eigenvalue weighted by molar-refractivity contribution is 7.88. The predicted octanol–water partition coefficient (Wildman–Crippen LogP) is 3.26. The minimum absolute atomic E-state index is 0.283. The smallest absolute Gasteiger partial charge is 0.247 e. The molecule has 1 aliphatic rings. The van der Waals surface area contributed by atoms with E-state index in [1.807, 2.05) is 48.7 Å². The maximum absolute atomic E-state index is 12.1. The summed E-state index contributed by atoms with van der Waals surface area (Å²) >= 11 is 1.54. The zero-order valence-corrected chi connectivity index (χ0v) is 14.6. The molecule has 0 aliphatic carbocycles. The van der Waals surface area contributed by atoms with Gasteiger partial charge in [0.25, 0.3) is 0 Å². The first-order valence-electron chi connectivity index (χ1n) is 7.33. The van der Waals surface area contributed by atoms with Crippen LogP contribution in [0.5, 0.6) is 5.75 Å². The predicted molar refractivity (Wildman–Crippen MR) is 92.5 cm³/mol. The maximum atomic E-state index is 12.1. The number of sulfonamides is 1. The van der Waals surface area contributed by atoms with Gasteiger partial charge in [-0.15, -0.1) is 11.3 Å². The van der Waals surface area contributed by atoms with Crippen LogP contribution in [0.25, 0.3) is 0 Å². The number of ether oxygens (including phenoxy) is 1. The molecule has 122 valence electrons. The average molecular weight is 350 g/mol. The molecule has 0 N–H and O–H groups in total. The van der Waals surface area contributed by atoms with Crippen LogP contribution in [0.4, 0.5) is 0 Å². The van der Waals surface area contributed by atoms with Crippen molar-refractivity contribution in [1.29, 1.82) is 0 Å². The van der Waals surface area contributed by atoms with Crippen LogP contribution in [0.15, 0.2) is 46.9 Å². The molecule has 3 rings (SSSR count). The van der Waals surface area contributed by atoms with Crippen molar-refractivity contribution in [3.05, 3.63) is 52.2 Å². The Hall–Kier alpha value is -1.86. The number of hydrogen-bond donors (Lipinski definition) is 0. The third kappa shape index (κ3) is 3.25. The third-order valence-electron chi connectivity index (χ3n) is 3.58. The van der Waals surface area contributed by atoms with Crippen LogP contribution in [-0.2, 0) is 10.0 Å². The zero-order chi connectivity index (χ0) is 16.4. The monoisotopic (exact) mass is 350 g/mol. The Morgan fingerprint density at radius 3 is 2.74 bits per heavy atom. The van der Waals surface area contributed by atoms with E-state index in [0.29, 0.717) is 13.0 Å². The summed E-state index contributed by atoms with van der Waals surface area (Å²) in [6, 6.07) is 11.2. The highest BCUT2D eigenvalue weighted by Gasteiger charge is 2.35. The number of para-hydroxylation sites is 1. The van der Waals surface area contributed by atoms with Gasteiger partial charge in [-0.2, -0.15) is 9.52 Å². The molecule has 0 spiro atoms. The van der Waals surface area contributed by atoms with Crippen molar-refractivity contribution in [3.63, 3.8) is 0 Å². The number of benzene rings is 1. The first-order chi connectivity index (χ1) is 11.0. The second-order valence-electron chi connectivity index (χ2n) is 5.25. The van der Waals surface area contributed by atoms with Crippen LogP contribution in [0.3, 0.4) is 0 Å². The van der Waals surface area contributed by atoms with E-state index in [-0.39, 0.29) is 6.04 Å². The first kappa shape index (κ1) is 16.0. The molecule has 0 saturated carbocycles. The maximum Gasteiger partial charge on any atom is 0.247 e. The molecule has 1 aromatic carbocycles. The number of thiophene rings is 1. The molecular formula is C16H18N2O3S2. The highest BCUT2D eigenvalue weighted by Crippen LogP contribution is 2.38. The molecule has 7 heteroatoms. The number of hydrogen-bond acceptors (Lipinski definition) is 5. The van der Waals surface area contributed by atoms with Gasteiger partial charge in [-0.05, 0) is 30.5 Å². The molecule has 2 aromatic rings. The minimum Gasteiger partial charge on any atom is -0.493 e. The normalized spacial score (nSPS) is 18.1. The van der Waals surface area contributed by atoms with Gasteiger partial charge >= 0.3 is 0 Å². The molecule has 0 saturated heterocycles. The molecule has 0 amide bonds. The van der Waals surface area contributed by atoms with Crippen molar-refractivity contribution in [2.45, 2.75) is 19.4 Å². The number of hydrazone groups is 1. The van der Waals surface area contributed by atoms with E-state index in [0.717, 1.165) is 21.9 Å². The quantitative estimate of drug-likeness (QED) is 0.832. The Kier molecular flexibility index (Phi) is 4.41. The highest BCUT2D eigenvalue weighted by atomic mass is 32.2. The molecule has 1 atom stereocenters. The van der Waals surface area contributed by atoms with Crippen LogP contribution in [-0.4, -0.2) is 31.4 Å². The summed E-state index contributed by atoms with van der Waals surface area (Å²) in [4.78, 5) is 0.989. The van der Waals surface area contributed by atoms with Gasteiger partial charge < -0.3 is 4.74 Å². The Labute approximate surface area is 140 Å². The van der Waals surface area contributed by atoms with Crippen LogP contribution in [0, 0.1) is 0 Å². The molecule has 0 fully saturated rings. The molecule has 2 heterocycles. The van der Waals surface area contributed by atoms with E-state index >= 15 is 0 Å². The SMILES string of the molecule is CCOc1ccccc1C1=NN(S(C)(=O)=O)[C@H](c2cccs2)C1. The topological polar surface area (TPSA) is 59.0 Å². The van der Waals surface area contributed by atoms with E-state index in [1.54, 1.807) is 11.3 Å². The zero-order valence-electron chi connectivity index (χ0n) is 13.0. The third-order valence-corrected chi connectivity index (χ3v) is 5.57. The van der Waals surface area contributed by atoms with Crippen molar-refractivity contribution in [2.24, 2.45) is 5.10 Å². The lowest BCUT2D eigenvalue weighted by molar-refractivity contribution is 0.339. The lowest BCUT2D eigenvalue weighted by atomic mass is 10.0. The summed E-state index contributed by atoms with van der Waals surface area (Å²) < 4.78 is 31.1. The van der Waals surface area contributed by atoms with Crippen LogP contribution >= 0.6 is 11.3 Å². The Balaban J connectivity index is 2.02. The lowest BCUT2D eigenvalue weighted by Crippen LogP contribution is -2.25. The van der Waals surface area contributed by atoms with Gasteiger partial charge in [0, 0.05) is 16.9 Å². The molecule has 0 unspecified atom stereocenters. The second kappa shape index (κ2) is 6.33. The van der Waals surface area contributed by atoms with Crippen molar-refractivity contribution >= 4 is 27.1 Å². The second-order valence-corrected chi connectivity index (χ2v) is 8.07. The molecule has 1 aliphatic heterocycles. The van der Waals surface area contributed by atoms with Crippen molar-refractivity contribution < 1.29 is 13.2 Å². The van der Waals surface area contributed by atoms with Crippen molar-refractivity contribution in [2.75, 3.05) is 12.9 Å². The van der Waals surface area contributed by atoms with Crippen LogP contribution in [0.1, 0.15) is 29.8 Å². The van der Waals surface area contributed by atoms with E-state index < -0.39 is 10.0 Å². The fraction of sp³-hybridized carbons (Fsp3) is 0.312. The Morgan fingerprint density at radius 1 is 1.30 bits per heavy atom. The molecular weight excluding hydrogens is 332 g/mol. The summed E-state index contributed by atoms with van der Waals surface area (Å²) in [6.07, 6.45) is 1.73. The van der Waals surface area contributed by atoms with E-state index in [9.17, 15) is 8.42 Å². The molecule has 1 aromatic heterocycles. The molecule has 0 radical (unpaired) electrons. The average Bonchev–Trinajstić information content (AvgIpc) is 3.17. The number of nitrogens with zero attached hydrogens (tertiary/aromatic N) is 2. The molecule has 5 nitrogen and oxygen atoms in total. The van der Waals surface area contributed by atoms with Gasteiger partial charge in [0.2, 0.25) is 10.0 Å². The van der Waals surface area contributed by atoms with Crippen LogP contribution < -0.4 is 4.74 Å². The lowest BCUT2D eigenvalue weighted by Gasteiger charge is -2.19. The fourth-order valence-corrected chi connectivity index (χ4v) is 4.41.